The van der Waals surface area contributed by atoms with E-state index in [1.54, 1.807) is 29.6 Å². The Hall–Kier alpha value is -1.11. The van der Waals surface area contributed by atoms with Crippen molar-refractivity contribution in [1.82, 2.24) is 0 Å². The highest BCUT2D eigenvalue weighted by molar-refractivity contribution is 7.26. The summed E-state index contributed by atoms with van der Waals surface area (Å²) in [4.78, 5) is 14.7. The van der Waals surface area contributed by atoms with Gasteiger partial charge in [0.05, 0.1) is 14.5 Å². The van der Waals surface area contributed by atoms with Crippen LogP contribution in [0.3, 0.4) is 0 Å². The summed E-state index contributed by atoms with van der Waals surface area (Å²) >= 11 is 3.30. The van der Waals surface area contributed by atoms with E-state index in [9.17, 15) is 4.79 Å². The van der Waals surface area contributed by atoms with Crippen LogP contribution in [0.4, 0.5) is 0 Å². The second-order valence-electron chi connectivity index (χ2n) is 3.68. The third-order valence-electron chi connectivity index (χ3n) is 2.52. The number of carbonyl (C=O) groups is 1. The number of fused-ring (bicyclic) bond motifs is 1. The van der Waals surface area contributed by atoms with Crippen molar-refractivity contribution in [1.29, 1.82) is 0 Å². The molecule has 1 nitrogen and oxygen atoms in total. The van der Waals surface area contributed by atoms with Gasteiger partial charge in [-0.2, -0.15) is 0 Å². The SMILES string of the molecule is CC#Cc1sc(C)c2c(C)c(C(C)=O)sc12. The van der Waals surface area contributed by atoms with Gasteiger partial charge in [0.15, 0.2) is 5.78 Å². The summed E-state index contributed by atoms with van der Waals surface area (Å²) in [6.45, 7) is 7.59. The van der Waals surface area contributed by atoms with Crippen LogP contribution in [0.2, 0.25) is 0 Å². The summed E-state index contributed by atoms with van der Waals surface area (Å²) in [6.07, 6.45) is 0. The third kappa shape index (κ3) is 1.59. The summed E-state index contributed by atoms with van der Waals surface area (Å²) in [6, 6.07) is 0. The molecule has 2 aromatic heterocycles. The smallest absolute Gasteiger partial charge is 0.170 e. The highest BCUT2D eigenvalue weighted by Gasteiger charge is 2.17. The van der Waals surface area contributed by atoms with Crippen molar-refractivity contribution < 1.29 is 4.79 Å². The molecule has 2 heterocycles. The molecule has 3 heteroatoms. The Morgan fingerprint density at radius 1 is 1.25 bits per heavy atom. The molecule has 2 rings (SSSR count). The maximum Gasteiger partial charge on any atom is 0.170 e. The predicted octanol–water partition coefficient (Wildman–Crippen LogP) is 4.15. The molecule has 0 saturated carbocycles. The predicted molar refractivity (Wildman–Crippen MR) is 71.7 cm³/mol. The van der Waals surface area contributed by atoms with Gasteiger partial charge in [-0.3, -0.25) is 4.79 Å². The number of thiophene rings is 2. The standard InChI is InChI=1S/C13H12OS2/c1-5-6-10-13-11(9(4)15-10)7(2)12(16-13)8(3)14/h1-4H3. The van der Waals surface area contributed by atoms with Crippen LogP contribution in [0.5, 0.6) is 0 Å². The molecule has 82 valence electrons. The normalized spacial score (nSPS) is 10.2. The van der Waals surface area contributed by atoms with E-state index in [4.69, 9.17) is 0 Å². The van der Waals surface area contributed by atoms with Crippen LogP contribution in [0.1, 0.15) is 38.8 Å². The lowest BCUT2D eigenvalue weighted by molar-refractivity contribution is 0.102. The van der Waals surface area contributed by atoms with Gasteiger partial charge < -0.3 is 0 Å². The van der Waals surface area contributed by atoms with E-state index in [2.05, 4.69) is 18.8 Å². The van der Waals surface area contributed by atoms with E-state index < -0.39 is 0 Å². The molecular formula is C13H12OS2. The quantitative estimate of drug-likeness (QED) is 0.547. The molecule has 0 radical (unpaired) electrons. The van der Waals surface area contributed by atoms with Crippen LogP contribution in [-0.4, -0.2) is 5.78 Å². The van der Waals surface area contributed by atoms with E-state index in [0.29, 0.717) is 0 Å². The zero-order chi connectivity index (χ0) is 11.9. The summed E-state index contributed by atoms with van der Waals surface area (Å²) in [5, 5.41) is 1.23. The van der Waals surface area contributed by atoms with Gasteiger partial charge in [-0.15, -0.1) is 28.6 Å². The van der Waals surface area contributed by atoms with Gasteiger partial charge in [0, 0.05) is 10.3 Å². The molecule has 2 aromatic rings. The third-order valence-corrected chi connectivity index (χ3v) is 5.08. The van der Waals surface area contributed by atoms with E-state index in [1.165, 1.54) is 15.0 Å². The fourth-order valence-electron chi connectivity index (χ4n) is 1.88. The molecule has 0 amide bonds. The first kappa shape index (κ1) is 11.4. The molecule has 0 aliphatic carbocycles. The molecule has 0 unspecified atom stereocenters. The largest absolute Gasteiger partial charge is 0.294 e. The van der Waals surface area contributed by atoms with Gasteiger partial charge in [-0.05, 0) is 33.3 Å². The first-order valence-electron chi connectivity index (χ1n) is 5.02. The molecule has 0 aliphatic heterocycles. The van der Waals surface area contributed by atoms with E-state index >= 15 is 0 Å². The monoisotopic (exact) mass is 248 g/mol. The Bertz CT molecular complexity index is 632. The number of carbonyl (C=O) groups excluding carboxylic acids is 1. The maximum atomic E-state index is 11.5. The Morgan fingerprint density at radius 2 is 1.94 bits per heavy atom. The molecular weight excluding hydrogens is 236 g/mol. The minimum absolute atomic E-state index is 0.151. The van der Waals surface area contributed by atoms with Gasteiger partial charge in [0.2, 0.25) is 0 Å². The lowest BCUT2D eigenvalue weighted by Gasteiger charge is -1.92. The number of aryl methyl sites for hydroxylation is 2. The molecule has 0 N–H and O–H groups in total. The number of rotatable bonds is 1. The number of hydrogen-bond donors (Lipinski definition) is 0. The van der Waals surface area contributed by atoms with Crippen molar-refractivity contribution in [2.75, 3.05) is 0 Å². The Morgan fingerprint density at radius 3 is 2.50 bits per heavy atom. The summed E-state index contributed by atoms with van der Waals surface area (Å²) in [5.41, 5.74) is 1.12. The van der Waals surface area contributed by atoms with Gasteiger partial charge in [-0.1, -0.05) is 5.92 Å². The minimum Gasteiger partial charge on any atom is -0.294 e. The van der Waals surface area contributed by atoms with Crippen molar-refractivity contribution in [3.8, 4) is 11.8 Å². The van der Waals surface area contributed by atoms with Crippen LogP contribution in [0, 0.1) is 25.7 Å². The van der Waals surface area contributed by atoms with Crippen LogP contribution in [0.15, 0.2) is 0 Å². The molecule has 0 aromatic carbocycles. The van der Waals surface area contributed by atoms with Gasteiger partial charge >= 0.3 is 0 Å². The molecule has 0 saturated heterocycles. The Balaban J connectivity index is 2.84. The van der Waals surface area contributed by atoms with Crippen molar-refractivity contribution in [2.45, 2.75) is 27.7 Å². The summed E-state index contributed by atoms with van der Waals surface area (Å²) in [5.74, 6) is 6.20. The van der Waals surface area contributed by atoms with E-state index in [1.807, 2.05) is 13.8 Å². The first-order chi connectivity index (χ1) is 7.56. The molecule has 16 heavy (non-hydrogen) atoms. The minimum atomic E-state index is 0.151. The molecule has 0 bridgehead atoms. The molecule has 0 fully saturated rings. The van der Waals surface area contributed by atoms with Crippen LogP contribution >= 0.6 is 22.7 Å². The van der Waals surface area contributed by atoms with Gasteiger partial charge in [-0.25, -0.2) is 0 Å². The fraction of sp³-hybridized carbons (Fsp3) is 0.308. The number of Topliss-reactive ketones (excluding diaryl/α,β-unsaturated/α-hetero) is 1. The highest BCUT2D eigenvalue weighted by atomic mass is 32.1. The summed E-state index contributed by atoms with van der Waals surface area (Å²) < 4.78 is 1.18. The van der Waals surface area contributed by atoms with Crippen LogP contribution < -0.4 is 0 Å². The molecule has 0 spiro atoms. The maximum absolute atomic E-state index is 11.5. The van der Waals surface area contributed by atoms with Crippen molar-refractivity contribution in [3.05, 3.63) is 20.2 Å². The Kier molecular flexibility index (Phi) is 2.88. The summed E-state index contributed by atoms with van der Waals surface area (Å²) in [7, 11) is 0. The van der Waals surface area contributed by atoms with Crippen molar-refractivity contribution in [3.63, 3.8) is 0 Å². The van der Waals surface area contributed by atoms with Crippen LogP contribution in [-0.2, 0) is 0 Å². The highest BCUT2D eigenvalue weighted by Crippen LogP contribution is 2.40. The zero-order valence-electron chi connectivity index (χ0n) is 9.72. The van der Waals surface area contributed by atoms with Crippen molar-refractivity contribution >= 4 is 38.5 Å². The fourth-order valence-corrected chi connectivity index (χ4v) is 4.36. The average molecular weight is 248 g/mol. The van der Waals surface area contributed by atoms with Crippen LogP contribution in [0.25, 0.3) is 10.1 Å². The average Bonchev–Trinajstić information content (AvgIpc) is 2.68. The lowest BCUT2D eigenvalue weighted by atomic mass is 10.1. The second kappa shape index (κ2) is 4.04. The molecule has 0 aliphatic rings. The second-order valence-corrected chi connectivity index (χ2v) is 5.92. The van der Waals surface area contributed by atoms with Gasteiger partial charge in [0.1, 0.15) is 0 Å². The Labute approximate surface area is 103 Å². The van der Waals surface area contributed by atoms with Crippen molar-refractivity contribution in [2.24, 2.45) is 0 Å². The number of ketones is 1. The number of hydrogen-bond acceptors (Lipinski definition) is 3. The molecule has 0 atom stereocenters. The topological polar surface area (TPSA) is 17.1 Å². The van der Waals surface area contributed by atoms with Gasteiger partial charge in [0.25, 0.3) is 0 Å². The van der Waals surface area contributed by atoms with E-state index in [-0.39, 0.29) is 5.78 Å². The van der Waals surface area contributed by atoms with E-state index in [0.717, 1.165) is 15.3 Å². The lowest BCUT2D eigenvalue weighted by Crippen LogP contribution is -1.89. The first-order valence-corrected chi connectivity index (χ1v) is 6.65. The zero-order valence-corrected chi connectivity index (χ0v) is 11.4.